The predicted octanol–water partition coefficient (Wildman–Crippen LogP) is 2.62. The summed E-state index contributed by atoms with van der Waals surface area (Å²) in [5.41, 5.74) is 0. The van der Waals surface area contributed by atoms with Crippen molar-refractivity contribution in [3.8, 4) is 0 Å². The molecular formula is C7H8ClF3O2. The van der Waals surface area contributed by atoms with Crippen molar-refractivity contribution >= 4 is 17.4 Å². The van der Waals surface area contributed by atoms with Crippen molar-refractivity contribution in [2.45, 2.75) is 19.5 Å². The lowest BCUT2D eigenvalue weighted by Crippen LogP contribution is -2.22. The fourth-order valence-electron chi connectivity index (χ4n) is 0.439. The molecule has 0 spiro atoms. The summed E-state index contributed by atoms with van der Waals surface area (Å²) in [4.78, 5) is 10.4. The number of halogens is 4. The zero-order valence-corrected chi connectivity index (χ0v) is 7.58. The highest BCUT2D eigenvalue weighted by molar-refractivity contribution is 6.43. The maximum Gasteiger partial charge on any atom is 0.455 e. The molecule has 0 saturated heterocycles. The van der Waals surface area contributed by atoms with E-state index >= 15 is 0 Å². The number of carbonyl (C=O) groups excluding carboxylic acids is 1. The van der Waals surface area contributed by atoms with Crippen LogP contribution in [-0.4, -0.2) is 18.6 Å². The molecule has 0 N–H and O–H groups in total. The molecule has 0 atom stereocenters. The zero-order chi connectivity index (χ0) is 10.5. The van der Waals surface area contributed by atoms with Crippen LogP contribution in [0.5, 0.6) is 0 Å². The van der Waals surface area contributed by atoms with Crippen LogP contribution in [0.25, 0.3) is 0 Å². The molecule has 0 aromatic heterocycles. The lowest BCUT2D eigenvalue weighted by molar-refractivity contribution is -0.165. The van der Waals surface area contributed by atoms with E-state index in [1.54, 1.807) is 6.92 Å². The van der Waals surface area contributed by atoms with Crippen molar-refractivity contribution in [1.82, 2.24) is 0 Å². The fourth-order valence-corrected chi connectivity index (χ4v) is 0.609. The Bertz CT molecular complexity index is 210. The predicted molar refractivity (Wildman–Crippen MR) is 41.2 cm³/mol. The van der Waals surface area contributed by atoms with Crippen LogP contribution < -0.4 is 0 Å². The molecular weight excluding hydrogens is 209 g/mol. The van der Waals surface area contributed by atoms with Gasteiger partial charge >= 0.3 is 6.18 Å². The molecule has 0 saturated carbocycles. The standard InChI is InChI=1S/C7H8ClF3O2/c1-2-3-13-4-5(8)6(12)7(9,10)11/h4H,2-3H2,1H3/b5-4-. The Morgan fingerprint density at radius 1 is 1.54 bits per heavy atom. The smallest absolute Gasteiger partial charge is 0.455 e. The van der Waals surface area contributed by atoms with Crippen molar-refractivity contribution in [3.63, 3.8) is 0 Å². The van der Waals surface area contributed by atoms with Crippen LogP contribution in [0.2, 0.25) is 0 Å². The first-order valence-electron chi connectivity index (χ1n) is 3.48. The van der Waals surface area contributed by atoms with Gasteiger partial charge in [0.05, 0.1) is 6.61 Å². The van der Waals surface area contributed by atoms with Gasteiger partial charge in [-0.05, 0) is 6.42 Å². The van der Waals surface area contributed by atoms with E-state index in [-0.39, 0.29) is 6.61 Å². The number of allylic oxidation sites excluding steroid dienone is 1. The summed E-state index contributed by atoms with van der Waals surface area (Å²) in [6.45, 7) is 1.99. The maximum atomic E-state index is 11.7. The van der Waals surface area contributed by atoms with Crippen LogP contribution in [-0.2, 0) is 9.53 Å². The summed E-state index contributed by atoms with van der Waals surface area (Å²) in [5, 5.41) is -0.957. The lowest BCUT2D eigenvalue weighted by Gasteiger charge is -2.03. The summed E-state index contributed by atoms with van der Waals surface area (Å²) in [6.07, 6.45) is -3.70. The highest BCUT2D eigenvalue weighted by Gasteiger charge is 2.40. The van der Waals surface area contributed by atoms with Gasteiger partial charge in [0.1, 0.15) is 11.3 Å². The molecule has 0 radical (unpaired) electrons. The average molecular weight is 217 g/mol. The molecule has 13 heavy (non-hydrogen) atoms. The van der Waals surface area contributed by atoms with E-state index < -0.39 is 17.0 Å². The molecule has 0 amide bonds. The van der Waals surface area contributed by atoms with E-state index in [0.29, 0.717) is 12.7 Å². The van der Waals surface area contributed by atoms with Gasteiger partial charge in [-0.1, -0.05) is 18.5 Å². The van der Waals surface area contributed by atoms with Gasteiger partial charge in [0.15, 0.2) is 0 Å². The first-order chi connectivity index (χ1) is 5.89. The molecule has 2 nitrogen and oxygen atoms in total. The van der Waals surface area contributed by atoms with Crippen molar-refractivity contribution in [2.24, 2.45) is 0 Å². The van der Waals surface area contributed by atoms with Gasteiger partial charge in [0.2, 0.25) is 0 Å². The Morgan fingerprint density at radius 3 is 2.46 bits per heavy atom. The maximum absolute atomic E-state index is 11.7. The second-order valence-electron chi connectivity index (χ2n) is 2.16. The first kappa shape index (κ1) is 12.3. The molecule has 0 aromatic rings. The molecule has 0 fully saturated rings. The van der Waals surface area contributed by atoms with Crippen molar-refractivity contribution in [2.75, 3.05) is 6.61 Å². The van der Waals surface area contributed by atoms with E-state index in [2.05, 4.69) is 4.74 Å². The molecule has 0 aliphatic carbocycles. The third-order valence-corrected chi connectivity index (χ3v) is 1.24. The molecule has 0 bridgehead atoms. The number of ketones is 1. The number of hydrogen-bond acceptors (Lipinski definition) is 2. The minimum absolute atomic E-state index is 0.224. The van der Waals surface area contributed by atoms with Crippen LogP contribution in [0.3, 0.4) is 0 Å². The lowest BCUT2D eigenvalue weighted by atomic mass is 10.4. The first-order valence-corrected chi connectivity index (χ1v) is 3.86. The third kappa shape index (κ3) is 4.77. The molecule has 0 rings (SSSR count). The monoisotopic (exact) mass is 216 g/mol. The number of hydrogen-bond donors (Lipinski definition) is 0. The van der Waals surface area contributed by atoms with E-state index in [1.165, 1.54) is 0 Å². The highest BCUT2D eigenvalue weighted by atomic mass is 35.5. The van der Waals surface area contributed by atoms with E-state index in [1.807, 2.05) is 0 Å². The topological polar surface area (TPSA) is 26.3 Å². The average Bonchev–Trinajstić information content (AvgIpc) is 2.01. The van der Waals surface area contributed by atoms with Crippen LogP contribution >= 0.6 is 11.6 Å². The Labute approximate surface area is 78.3 Å². The van der Waals surface area contributed by atoms with Gasteiger partial charge in [0, 0.05) is 0 Å². The number of ether oxygens (including phenoxy) is 1. The number of Topliss-reactive ketones (excluding diaryl/α,β-unsaturated/α-hetero) is 1. The van der Waals surface area contributed by atoms with E-state index in [4.69, 9.17) is 11.6 Å². The Morgan fingerprint density at radius 2 is 2.08 bits per heavy atom. The molecule has 0 aliphatic rings. The minimum atomic E-state index is -4.94. The molecule has 0 unspecified atom stereocenters. The number of carbonyl (C=O) groups is 1. The van der Waals surface area contributed by atoms with Crippen molar-refractivity contribution < 1.29 is 22.7 Å². The van der Waals surface area contributed by atoms with Crippen LogP contribution in [0.15, 0.2) is 11.3 Å². The fraction of sp³-hybridized carbons (Fsp3) is 0.571. The van der Waals surface area contributed by atoms with E-state index in [0.717, 1.165) is 0 Å². The van der Waals surface area contributed by atoms with Crippen molar-refractivity contribution in [3.05, 3.63) is 11.3 Å². The molecule has 0 aromatic carbocycles. The number of alkyl halides is 3. The van der Waals surface area contributed by atoms with Gasteiger partial charge in [-0.15, -0.1) is 0 Å². The summed E-state index contributed by atoms with van der Waals surface area (Å²) >= 11 is 5.02. The van der Waals surface area contributed by atoms with Crippen molar-refractivity contribution in [1.29, 1.82) is 0 Å². The van der Waals surface area contributed by atoms with Crippen LogP contribution in [0.1, 0.15) is 13.3 Å². The molecule has 76 valence electrons. The van der Waals surface area contributed by atoms with Crippen LogP contribution in [0.4, 0.5) is 13.2 Å². The SMILES string of the molecule is CCCO/C=C(\Cl)C(=O)C(F)(F)F. The Balaban J connectivity index is 4.18. The van der Waals surface area contributed by atoms with Gasteiger partial charge in [0.25, 0.3) is 5.78 Å². The quantitative estimate of drug-likeness (QED) is 0.410. The van der Waals surface area contributed by atoms with Gasteiger partial charge < -0.3 is 4.74 Å². The second-order valence-corrected chi connectivity index (χ2v) is 2.57. The molecule has 0 aliphatic heterocycles. The second kappa shape index (κ2) is 5.11. The van der Waals surface area contributed by atoms with Crippen LogP contribution in [0, 0.1) is 0 Å². The summed E-state index contributed by atoms with van der Waals surface area (Å²) < 4.78 is 39.6. The Kier molecular flexibility index (Phi) is 4.83. The summed E-state index contributed by atoms with van der Waals surface area (Å²) in [7, 11) is 0. The normalized spacial score (nSPS) is 12.8. The zero-order valence-electron chi connectivity index (χ0n) is 6.82. The largest absolute Gasteiger partial charge is 0.500 e. The summed E-state index contributed by atoms with van der Waals surface area (Å²) in [6, 6.07) is 0. The Hall–Kier alpha value is -0.710. The summed E-state index contributed by atoms with van der Waals surface area (Å²) in [5.74, 6) is -2.09. The highest BCUT2D eigenvalue weighted by Crippen LogP contribution is 2.22. The number of rotatable bonds is 4. The van der Waals surface area contributed by atoms with E-state index in [9.17, 15) is 18.0 Å². The van der Waals surface area contributed by atoms with Gasteiger partial charge in [-0.25, -0.2) is 0 Å². The van der Waals surface area contributed by atoms with Gasteiger partial charge in [-0.2, -0.15) is 13.2 Å². The third-order valence-electron chi connectivity index (χ3n) is 0.983. The molecule has 6 heteroatoms. The minimum Gasteiger partial charge on any atom is -0.500 e. The molecule has 0 heterocycles. The van der Waals surface area contributed by atoms with Gasteiger partial charge in [-0.3, -0.25) is 4.79 Å².